The summed E-state index contributed by atoms with van der Waals surface area (Å²) in [6.07, 6.45) is 2.32. The summed E-state index contributed by atoms with van der Waals surface area (Å²) >= 11 is 6.05. The molecule has 2 nitrogen and oxygen atoms in total. The van der Waals surface area contributed by atoms with Crippen LogP contribution < -0.4 is 5.32 Å². The molecule has 0 bridgehead atoms. The minimum atomic E-state index is -0.273. The first-order valence-electron chi connectivity index (χ1n) is 7.04. The third-order valence-electron chi connectivity index (χ3n) is 4.12. The second-order valence-corrected chi connectivity index (χ2v) is 5.71. The lowest BCUT2D eigenvalue weighted by Gasteiger charge is -2.35. The first kappa shape index (κ1) is 14.6. The first-order chi connectivity index (χ1) is 9.11. The normalized spacial score (nSPS) is 19.4. The van der Waals surface area contributed by atoms with E-state index in [1.807, 2.05) is 0 Å². The van der Waals surface area contributed by atoms with Gasteiger partial charge in [-0.2, -0.15) is 0 Å². The molecule has 1 N–H and O–H groups in total. The van der Waals surface area contributed by atoms with Gasteiger partial charge in [-0.1, -0.05) is 24.6 Å². The molecule has 2 rings (SSSR count). The van der Waals surface area contributed by atoms with E-state index in [0.717, 1.165) is 32.5 Å². The van der Waals surface area contributed by atoms with Gasteiger partial charge in [-0.25, -0.2) is 4.39 Å². The fraction of sp³-hybridized carbons (Fsp3) is 0.600. The van der Waals surface area contributed by atoms with Gasteiger partial charge >= 0.3 is 0 Å². The van der Waals surface area contributed by atoms with Crippen LogP contribution in [0.15, 0.2) is 18.2 Å². The predicted octanol–water partition coefficient (Wildman–Crippen LogP) is 4.01. The maximum Gasteiger partial charge on any atom is 0.147 e. The maximum atomic E-state index is 13.7. The van der Waals surface area contributed by atoms with Gasteiger partial charge in [0.25, 0.3) is 0 Å². The Kier molecular flexibility index (Phi) is 5.06. The van der Waals surface area contributed by atoms with Gasteiger partial charge < -0.3 is 10.2 Å². The molecule has 4 heteroatoms. The standard InChI is InChI=1S/C15H22ClFN2/c1-3-19-9-7-12(8-10-19)11(2)18-15-13(16)5-4-6-14(15)17/h4-6,11-12,18H,3,7-10H2,1-2H3. The number of nitrogens with zero attached hydrogens (tertiary/aromatic N) is 1. The van der Waals surface area contributed by atoms with Gasteiger partial charge in [0.1, 0.15) is 5.82 Å². The van der Waals surface area contributed by atoms with Crippen LogP contribution in [0, 0.1) is 11.7 Å². The molecule has 0 amide bonds. The van der Waals surface area contributed by atoms with E-state index < -0.39 is 0 Å². The Balaban J connectivity index is 1.96. The number of hydrogen-bond acceptors (Lipinski definition) is 2. The van der Waals surface area contributed by atoms with Crippen molar-refractivity contribution in [2.45, 2.75) is 32.7 Å². The highest BCUT2D eigenvalue weighted by atomic mass is 35.5. The van der Waals surface area contributed by atoms with Crippen LogP contribution in [-0.2, 0) is 0 Å². The van der Waals surface area contributed by atoms with E-state index >= 15 is 0 Å². The zero-order valence-electron chi connectivity index (χ0n) is 11.6. The van der Waals surface area contributed by atoms with E-state index in [2.05, 4.69) is 24.1 Å². The van der Waals surface area contributed by atoms with Crippen molar-refractivity contribution in [2.24, 2.45) is 5.92 Å². The summed E-state index contributed by atoms with van der Waals surface area (Å²) in [4.78, 5) is 2.46. The molecule has 0 saturated carbocycles. The van der Waals surface area contributed by atoms with E-state index in [9.17, 15) is 4.39 Å². The van der Waals surface area contributed by atoms with Crippen LogP contribution in [-0.4, -0.2) is 30.6 Å². The molecule has 0 radical (unpaired) electrons. The molecular weight excluding hydrogens is 263 g/mol. The Labute approximate surface area is 119 Å². The Hall–Kier alpha value is -0.800. The van der Waals surface area contributed by atoms with E-state index in [1.54, 1.807) is 12.1 Å². The van der Waals surface area contributed by atoms with Crippen LogP contribution >= 0.6 is 11.6 Å². The third kappa shape index (κ3) is 3.61. The smallest absolute Gasteiger partial charge is 0.147 e. The van der Waals surface area contributed by atoms with Crippen molar-refractivity contribution in [3.8, 4) is 0 Å². The maximum absolute atomic E-state index is 13.7. The highest BCUT2D eigenvalue weighted by Gasteiger charge is 2.24. The molecule has 106 valence electrons. The number of rotatable bonds is 4. The van der Waals surface area contributed by atoms with Gasteiger partial charge in [-0.3, -0.25) is 0 Å². The zero-order chi connectivity index (χ0) is 13.8. The Morgan fingerprint density at radius 2 is 2.11 bits per heavy atom. The molecule has 1 fully saturated rings. The Morgan fingerprint density at radius 1 is 1.42 bits per heavy atom. The van der Waals surface area contributed by atoms with Crippen LogP contribution in [0.25, 0.3) is 0 Å². The Morgan fingerprint density at radius 3 is 2.68 bits per heavy atom. The lowest BCUT2D eigenvalue weighted by atomic mass is 9.90. The van der Waals surface area contributed by atoms with Crippen molar-refractivity contribution in [3.63, 3.8) is 0 Å². The number of nitrogens with one attached hydrogen (secondary N) is 1. The van der Waals surface area contributed by atoms with Crippen molar-refractivity contribution in [3.05, 3.63) is 29.0 Å². The highest BCUT2D eigenvalue weighted by molar-refractivity contribution is 6.33. The monoisotopic (exact) mass is 284 g/mol. The van der Waals surface area contributed by atoms with Crippen molar-refractivity contribution in [1.82, 2.24) is 4.90 Å². The predicted molar refractivity (Wildman–Crippen MR) is 79.3 cm³/mol. The van der Waals surface area contributed by atoms with Crippen molar-refractivity contribution in [1.29, 1.82) is 0 Å². The van der Waals surface area contributed by atoms with Gasteiger partial charge in [-0.15, -0.1) is 0 Å². The lowest BCUT2D eigenvalue weighted by Crippen LogP contribution is -2.39. The van der Waals surface area contributed by atoms with Gasteiger partial charge in [0, 0.05) is 6.04 Å². The Bertz CT molecular complexity index is 396. The van der Waals surface area contributed by atoms with Gasteiger partial charge in [0.05, 0.1) is 10.7 Å². The molecule has 1 heterocycles. The summed E-state index contributed by atoms with van der Waals surface area (Å²) in [6.45, 7) is 7.71. The van der Waals surface area contributed by atoms with E-state index in [4.69, 9.17) is 11.6 Å². The average molecular weight is 285 g/mol. The lowest BCUT2D eigenvalue weighted by molar-refractivity contribution is 0.183. The minimum absolute atomic E-state index is 0.244. The molecule has 1 aromatic rings. The van der Waals surface area contributed by atoms with E-state index in [1.165, 1.54) is 6.07 Å². The topological polar surface area (TPSA) is 15.3 Å². The number of likely N-dealkylation sites (tertiary alicyclic amines) is 1. The fourth-order valence-corrected chi connectivity index (χ4v) is 2.97. The molecule has 1 aromatic carbocycles. The average Bonchev–Trinajstić information content (AvgIpc) is 2.43. The van der Waals surface area contributed by atoms with Crippen LogP contribution in [0.2, 0.25) is 5.02 Å². The minimum Gasteiger partial charge on any atom is -0.379 e. The van der Waals surface area contributed by atoms with Crippen LogP contribution in [0.5, 0.6) is 0 Å². The number of hydrogen-bond donors (Lipinski definition) is 1. The second-order valence-electron chi connectivity index (χ2n) is 5.30. The van der Waals surface area contributed by atoms with Crippen molar-refractivity contribution >= 4 is 17.3 Å². The first-order valence-corrected chi connectivity index (χ1v) is 7.42. The quantitative estimate of drug-likeness (QED) is 0.899. The summed E-state index contributed by atoms with van der Waals surface area (Å²) in [5.41, 5.74) is 0.439. The SMILES string of the molecule is CCN1CCC(C(C)Nc2c(F)cccc2Cl)CC1. The molecule has 0 aliphatic carbocycles. The molecule has 19 heavy (non-hydrogen) atoms. The highest BCUT2D eigenvalue weighted by Crippen LogP contribution is 2.28. The number of piperidine rings is 1. The van der Waals surface area contributed by atoms with Crippen LogP contribution in [0.1, 0.15) is 26.7 Å². The van der Waals surface area contributed by atoms with E-state index in [-0.39, 0.29) is 11.9 Å². The molecular formula is C15H22ClFN2. The van der Waals surface area contributed by atoms with Gasteiger partial charge in [0.15, 0.2) is 0 Å². The van der Waals surface area contributed by atoms with Crippen molar-refractivity contribution in [2.75, 3.05) is 25.0 Å². The van der Waals surface area contributed by atoms with E-state index in [0.29, 0.717) is 16.6 Å². The largest absolute Gasteiger partial charge is 0.379 e. The molecule has 0 spiro atoms. The van der Waals surface area contributed by atoms with Gasteiger partial charge in [-0.05, 0) is 57.5 Å². The molecule has 1 unspecified atom stereocenters. The summed E-state index contributed by atoms with van der Waals surface area (Å²) in [5.74, 6) is 0.309. The zero-order valence-corrected chi connectivity index (χ0v) is 12.4. The number of para-hydroxylation sites is 1. The molecule has 1 saturated heterocycles. The fourth-order valence-electron chi connectivity index (χ4n) is 2.75. The molecule has 0 aromatic heterocycles. The number of benzene rings is 1. The van der Waals surface area contributed by atoms with Crippen molar-refractivity contribution < 1.29 is 4.39 Å². The number of halogens is 2. The molecule has 1 atom stereocenters. The third-order valence-corrected chi connectivity index (χ3v) is 4.44. The summed E-state index contributed by atoms with van der Waals surface area (Å²) in [7, 11) is 0. The summed E-state index contributed by atoms with van der Waals surface area (Å²) in [6, 6.07) is 5.04. The van der Waals surface area contributed by atoms with Crippen LogP contribution in [0.4, 0.5) is 10.1 Å². The summed E-state index contributed by atoms with van der Waals surface area (Å²) in [5, 5.41) is 3.71. The molecule has 1 aliphatic rings. The number of anilines is 1. The van der Waals surface area contributed by atoms with Crippen LogP contribution in [0.3, 0.4) is 0 Å². The second kappa shape index (κ2) is 6.58. The van der Waals surface area contributed by atoms with Gasteiger partial charge in [0.2, 0.25) is 0 Å². The molecule has 1 aliphatic heterocycles. The summed E-state index contributed by atoms with van der Waals surface area (Å²) < 4.78 is 13.7.